The molecule has 1 saturated heterocycles. The van der Waals surface area contributed by atoms with Gasteiger partial charge in [-0.3, -0.25) is 4.79 Å². The maximum Gasteiger partial charge on any atom is 0.254 e. The van der Waals surface area contributed by atoms with Crippen LogP contribution < -0.4 is 14.4 Å². The molecule has 0 N–H and O–H groups in total. The van der Waals surface area contributed by atoms with Crippen LogP contribution in [-0.2, 0) is 0 Å². The van der Waals surface area contributed by atoms with E-state index in [0.717, 1.165) is 26.2 Å². The molecule has 1 amide bonds. The van der Waals surface area contributed by atoms with E-state index in [1.807, 2.05) is 17.0 Å². The average Bonchev–Trinajstić information content (AvgIpc) is 3.11. The smallest absolute Gasteiger partial charge is 0.254 e. The summed E-state index contributed by atoms with van der Waals surface area (Å²) in [7, 11) is 0. The summed E-state index contributed by atoms with van der Waals surface area (Å²) in [4.78, 5) is 17.1. The summed E-state index contributed by atoms with van der Waals surface area (Å²) in [6.45, 7) is 7.62. The summed E-state index contributed by atoms with van der Waals surface area (Å²) in [5, 5.41) is 0. The van der Waals surface area contributed by atoms with Crippen molar-refractivity contribution in [3.63, 3.8) is 0 Å². The first-order chi connectivity index (χ1) is 12.1. The zero-order valence-corrected chi connectivity index (χ0v) is 14.6. The monoisotopic (exact) mass is 338 g/mol. The molecule has 0 saturated carbocycles. The first kappa shape index (κ1) is 15.8. The fourth-order valence-corrected chi connectivity index (χ4v) is 3.42. The molecule has 25 heavy (non-hydrogen) atoms. The van der Waals surface area contributed by atoms with Gasteiger partial charge in [0.15, 0.2) is 11.5 Å². The molecule has 0 bridgehead atoms. The van der Waals surface area contributed by atoms with Crippen LogP contribution in [0.5, 0.6) is 11.5 Å². The molecule has 5 heteroatoms. The molecule has 5 nitrogen and oxygen atoms in total. The van der Waals surface area contributed by atoms with Crippen LogP contribution in [0.4, 0.5) is 5.69 Å². The maximum atomic E-state index is 12.8. The van der Waals surface area contributed by atoms with Crippen LogP contribution in [0.1, 0.15) is 21.5 Å². The Kier molecular flexibility index (Phi) is 3.99. The van der Waals surface area contributed by atoms with E-state index in [9.17, 15) is 4.79 Å². The van der Waals surface area contributed by atoms with E-state index in [1.54, 1.807) is 6.07 Å². The van der Waals surface area contributed by atoms with Crippen LogP contribution in [0.15, 0.2) is 36.4 Å². The lowest BCUT2D eigenvalue weighted by atomic mass is 10.1. The fourth-order valence-electron chi connectivity index (χ4n) is 3.42. The van der Waals surface area contributed by atoms with Gasteiger partial charge in [-0.25, -0.2) is 0 Å². The van der Waals surface area contributed by atoms with Gasteiger partial charge in [0.25, 0.3) is 5.91 Å². The summed E-state index contributed by atoms with van der Waals surface area (Å²) < 4.78 is 10.7. The van der Waals surface area contributed by atoms with Crippen molar-refractivity contribution in [3.05, 3.63) is 53.1 Å². The van der Waals surface area contributed by atoms with Gasteiger partial charge in [0, 0.05) is 37.4 Å². The van der Waals surface area contributed by atoms with Crippen molar-refractivity contribution < 1.29 is 14.3 Å². The highest BCUT2D eigenvalue weighted by Gasteiger charge is 2.24. The lowest BCUT2D eigenvalue weighted by Crippen LogP contribution is -2.49. The van der Waals surface area contributed by atoms with Crippen LogP contribution in [0.25, 0.3) is 0 Å². The Hall–Kier alpha value is -2.69. The second-order valence-electron chi connectivity index (χ2n) is 6.64. The Morgan fingerprint density at radius 1 is 0.920 bits per heavy atom. The summed E-state index contributed by atoms with van der Waals surface area (Å²) in [5.41, 5.74) is 4.47. The van der Waals surface area contributed by atoms with Crippen molar-refractivity contribution >= 4 is 11.6 Å². The van der Waals surface area contributed by atoms with Gasteiger partial charge in [-0.1, -0.05) is 12.1 Å². The second-order valence-corrected chi connectivity index (χ2v) is 6.64. The zero-order valence-electron chi connectivity index (χ0n) is 14.6. The number of fused-ring (bicyclic) bond motifs is 1. The van der Waals surface area contributed by atoms with Crippen molar-refractivity contribution in [2.24, 2.45) is 0 Å². The third-order valence-electron chi connectivity index (χ3n) is 4.89. The highest BCUT2D eigenvalue weighted by molar-refractivity contribution is 5.95. The van der Waals surface area contributed by atoms with Gasteiger partial charge in [0.05, 0.1) is 0 Å². The van der Waals surface area contributed by atoms with Crippen LogP contribution in [0.2, 0.25) is 0 Å². The van der Waals surface area contributed by atoms with Crippen molar-refractivity contribution in [1.82, 2.24) is 4.90 Å². The molecule has 130 valence electrons. The molecule has 0 aromatic heterocycles. The SMILES string of the molecule is Cc1ccc(C)c(N2CCN(C(=O)c3ccc4c(c3)OCO4)CC2)c1. The lowest BCUT2D eigenvalue weighted by Gasteiger charge is -2.37. The van der Waals surface area contributed by atoms with Crippen LogP contribution in [0, 0.1) is 13.8 Å². The van der Waals surface area contributed by atoms with Gasteiger partial charge in [-0.05, 0) is 49.2 Å². The van der Waals surface area contributed by atoms with Gasteiger partial charge in [-0.15, -0.1) is 0 Å². The molecule has 2 aliphatic heterocycles. The molecule has 2 aliphatic rings. The number of hydrogen-bond acceptors (Lipinski definition) is 4. The fraction of sp³-hybridized carbons (Fsp3) is 0.350. The minimum Gasteiger partial charge on any atom is -0.454 e. The molecular weight excluding hydrogens is 316 g/mol. The van der Waals surface area contributed by atoms with E-state index < -0.39 is 0 Å². The lowest BCUT2D eigenvalue weighted by molar-refractivity contribution is 0.0746. The molecule has 2 aromatic rings. The summed E-state index contributed by atoms with van der Waals surface area (Å²) in [6, 6.07) is 11.9. The van der Waals surface area contributed by atoms with E-state index in [4.69, 9.17) is 9.47 Å². The molecule has 0 radical (unpaired) electrons. The molecule has 0 spiro atoms. The Labute approximate surface area is 147 Å². The number of ether oxygens (including phenoxy) is 2. The minimum absolute atomic E-state index is 0.0546. The van der Waals surface area contributed by atoms with Crippen molar-refractivity contribution in [1.29, 1.82) is 0 Å². The molecule has 0 unspecified atom stereocenters. The largest absolute Gasteiger partial charge is 0.454 e. The first-order valence-corrected chi connectivity index (χ1v) is 8.63. The average molecular weight is 338 g/mol. The van der Waals surface area contributed by atoms with Gasteiger partial charge >= 0.3 is 0 Å². The van der Waals surface area contributed by atoms with E-state index in [2.05, 4.69) is 36.9 Å². The molecule has 2 heterocycles. The Bertz CT molecular complexity index is 811. The number of piperazine rings is 1. The van der Waals surface area contributed by atoms with E-state index in [1.165, 1.54) is 16.8 Å². The van der Waals surface area contributed by atoms with Crippen molar-refractivity contribution in [2.75, 3.05) is 37.9 Å². The molecule has 1 fully saturated rings. The van der Waals surface area contributed by atoms with Crippen LogP contribution in [-0.4, -0.2) is 43.8 Å². The molecular formula is C20H22N2O3. The Balaban J connectivity index is 1.45. The number of aryl methyl sites for hydroxylation is 2. The van der Waals surface area contributed by atoms with Gasteiger partial charge in [0.2, 0.25) is 6.79 Å². The number of anilines is 1. The second kappa shape index (κ2) is 6.31. The van der Waals surface area contributed by atoms with E-state index in [0.29, 0.717) is 17.1 Å². The first-order valence-electron chi connectivity index (χ1n) is 8.63. The highest BCUT2D eigenvalue weighted by Crippen LogP contribution is 2.33. The zero-order chi connectivity index (χ0) is 17.4. The normalized spacial score (nSPS) is 16.2. The minimum atomic E-state index is 0.0546. The number of carbonyl (C=O) groups is 1. The quantitative estimate of drug-likeness (QED) is 0.844. The van der Waals surface area contributed by atoms with E-state index in [-0.39, 0.29) is 12.7 Å². The van der Waals surface area contributed by atoms with Crippen LogP contribution >= 0.6 is 0 Å². The van der Waals surface area contributed by atoms with E-state index >= 15 is 0 Å². The number of hydrogen-bond donors (Lipinski definition) is 0. The predicted molar refractivity (Wildman–Crippen MR) is 96.6 cm³/mol. The van der Waals surface area contributed by atoms with Gasteiger partial charge < -0.3 is 19.3 Å². The molecule has 0 aliphatic carbocycles. The van der Waals surface area contributed by atoms with Crippen molar-refractivity contribution in [2.45, 2.75) is 13.8 Å². The third-order valence-corrected chi connectivity index (χ3v) is 4.89. The van der Waals surface area contributed by atoms with Crippen molar-refractivity contribution in [3.8, 4) is 11.5 Å². The summed E-state index contributed by atoms with van der Waals surface area (Å²) in [6.07, 6.45) is 0. The number of nitrogens with zero attached hydrogens (tertiary/aromatic N) is 2. The Morgan fingerprint density at radius 3 is 2.48 bits per heavy atom. The number of rotatable bonds is 2. The summed E-state index contributed by atoms with van der Waals surface area (Å²) >= 11 is 0. The third kappa shape index (κ3) is 3.02. The highest BCUT2D eigenvalue weighted by atomic mass is 16.7. The molecule has 4 rings (SSSR count). The number of benzene rings is 2. The van der Waals surface area contributed by atoms with Crippen LogP contribution in [0.3, 0.4) is 0 Å². The molecule has 2 aromatic carbocycles. The standard InChI is InChI=1S/C20H22N2O3/c1-14-3-4-15(2)17(11-14)21-7-9-22(10-8-21)20(23)16-5-6-18-19(12-16)25-13-24-18/h3-6,11-12H,7-10,13H2,1-2H3. The maximum absolute atomic E-state index is 12.8. The predicted octanol–water partition coefficient (Wildman–Crippen LogP) is 2.99. The number of carbonyl (C=O) groups excluding carboxylic acids is 1. The number of amides is 1. The van der Waals surface area contributed by atoms with Gasteiger partial charge in [-0.2, -0.15) is 0 Å². The summed E-state index contributed by atoms with van der Waals surface area (Å²) in [5.74, 6) is 1.41. The van der Waals surface area contributed by atoms with Gasteiger partial charge in [0.1, 0.15) is 0 Å². The Morgan fingerprint density at radius 2 is 1.68 bits per heavy atom. The topological polar surface area (TPSA) is 42.0 Å². The molecule has 0 atom stereocenters.